The molecule has 1 saturated heterocycles. The lowest BCUT2D eigenvalue weighted by Gasteiger charge is -2.17. The van der Waals surface area contributed by atoms with E-state index in [1.165, 1.54) is 11.3 Å². The maximum absolute atomic E-state index is 11.8. The van der Waals surface area contributed by atoms with Crippen LogP contribution in [0.4, 0.5) is 0 Å². The maximum atomic E-state index is 11.8. The Hall–Kier alpha value is -0.620. The second-order valence-corrected chi connectivity index (χ2v) is 5.33. The molecule has 0 saturated carbocycles. The number of hydrogen-bond acceptors (Lipinski definition) is 4. The van der Waals surface area contributed by atoms with Crippen LogP contribution in [0.1, 0.15) is 9.67 Å². The van der Waals surface area contributed by atoms with Crippen molar-refractivity contribution < 1.29 is 9.53 Å². The van der Waals surface area contributed by atoms with Crippen molar-refractivity contribution in [2.24, 2.45) is 0 Å². The molecule has 2 atom stereocenters. The van der Waals surface area contributed by atoms with Gasteiger partial charge in [-0.2, -0.15) is 0 Å². The lowest BCUT2D eigenvalue weighted by atomic mass is 10.2. The van der Waals surface area contributed by atoms with Crippen molar-refractivity contribution in [3.63, 3.8) is 0 Å². The molecule has 0 radical (unpaired) electrons. The third-order valence-electron chi connectivity index (χ3n) is 2.57. The average Bonchev–Trinajstić information content (AvgIpc) is 2.86. The monoisotopic (exact) mass is 260 g/mol. The van der Waals surface area contributed by atoms with E-state index in [1.54, 1.807) is 19.2 Å². The van der Waals surface area contributed by atoms with E-state index in [1.807, 2.05) is 0 Å². The summed E-state index contributed by atoms with van der Waals surface area (Å²) in [6, 6.07) is 3.48. The number of methoxy groups -OCH3 is 1. The smallest absolute Gasteiger partial charge is 0.261 e. The van der Waals surface area contributed by atoms with Crippen molar-refractivity contribution in [2.75, 3.05) is 20.2 Å². The Balaban J connectivity index is 1.97. The molecule has 1 aliphatic heterocycles. The van der Waals surface area contributed by atoms with Gasteiger partial charge in [0.15, 0.2) is 0 Å². The zero-order chi connectivity index (χ0) is 11.5. The first-order chi connectivity index (χ1) is 7.70. The molecular formula is C10H13ClN2O2S. The summed E-state index contributed by atoms with van der Waals surface area (Å²) < 4.78 is 5.89. The number of amides is 1. The molecule has 16 heavy (non-hydrogen) atoms. The van der Waals surface area contributed by atoms with Crippen LogP contribution in [0.25, 0.3) is 0 Å². The van der Waals surface area contributed by atoms with Crippen LogP contribution in [0, 0.1) is 0 Å². The third kappa shape index (κ3) is 2.55. The predicted molar refractivity (Wildman–Crippen MR) is 64.2 cm³/mol. The highest BCUT2D eigenvalue weighted by molar-refractivity contribution is 7.17. The number of nitrogens with one attached hydrogen (secondary N) is 2. The van der Waals surface area contributed by atoms with Crippen LogP contribution >= 0.6 is 22.9 Å². The standard InChI is InChI=1S/C10H13ClN2O2S/c1-15-7-5-12-4-6(7)13-10(14)8-2-3-9(11)16-8/h2-3,6-7,12H,4-5H2,1H3,(H,13,14)/t6-,7-/m1/s1. The number of carbonyl (C=O) groups is 1. The molecule has 88 valence electrons. The molecule has 0 unspecified atom stereocenters. The fourth-order valence-corrected chi connectivity index (χ4v) is 2.67. The van der Waals surface area contributed by atoms with Crippen molar-refractivity contribution in [3.05, 3.63) is 21.3 Å². The fourth-order valence-electron chi connectivity index (χ4n) is 1.72. The Morgan fingerprint density at radius 2 is 2.44 bits per heavy atom. The summed E-state index contributed by atoms with van der Waals surface area (Å²) in [5, 5.41) is 6.11. The SMILES string of the molecule is CO[C@@H]1CNC[C@H]1NC(=O)c1ccc(Cl)s1. The normalized spacial score (nSPS) is 24.6. The Bertz CT molecular complexity index is 383. The van der Waals surface area contributed by atoms with Gasteiger partial charge >= 0.3 is 0 Å². The van der Waals surface area contributed by atoms with E-state index in [-0.39, 0.29) is 18.1 Å². The molecule has 2 rings (SSSR count). The lowest BCUT2D eigenvalue weighted by molar-refractivity contribution is 0.0783. The molecule has 1 fully saturated rings. The molecule has 1 aromatic rings. The quantitative estimate of drug-likeness (QED) is 0.856. The molecule has 1 aliphatic rings. The van der Waals surface area contributed by atoms with Crippen LogP contribution in [-0.4, -0.2) is 38.3 Å². The van der Waals surface area contributed by atoms with Crippen LogP contribution in [0.5, 0.6) is 0 Å². The van der Waals surface area contributed by atoms with Crippen LogP contribution in [-0.2, 0) is 4.74 Å². The van der Waals surface area contributed by atoms with E-state index in [0.29, 0.717) is 9.21 Å². The van der Waals surface area contributed by atoms with Gasteiger partial charge < -0.3 is 15.4 Å². The molecule has 0 aliphatic carbocycles. The van der Waals surface area contributed by atoms with Gasteiger partial charge in [-0.15, -0.1) is 11.3 Å². The Labute approximate surface area is 103 Å². The van der Waals surface area contributed by atoms with Gasteiger partial charge in [-0.05, 0) is 12.1 Å². The summed E-state index contributed by atoms with van der Waals surface area (Å²) in [5.41, 5.74) is 0. The summed E-state index contributed by atoms with van der Waals surface area (Å²) in [6.45, 7) is 1.51. The summed E-state index contributed by atoms with van der Waals surface area (Å²) in [4.78, 5) is 12.5. The molecule has 1 amide bonds. The summed E-state index contributed by atoms with van der Waals surface area (Å²) in [5.74, 6) is -0.0901. The second-order valence-electron chi connectivity index (χ2n) is 3.62. The summed E-state index contributed by atoms with van der Waals surface area (Å²) >= 11 is 7.06. The first-order valence-corrected chi connectivity index (χ1v) is 6.20. The maximum Gasteiger partial charge on any atom is 0.261 e. The minimum atomic E-state index is -0.0901. The van der Waals surface area contributed by atoms with E-state index in [9.17, 15) is 4.79 Å². The average molecular weight is 261 g/mol. The zero-order valence-electron chi connectivity index (χ0n) is 8.83. The Kier molecular flexibility index (Phi) is 3.81. The first-order valence-electron chi connectivity index (χ1n) is 5.00. The van der Waals surface area contributed by atoms with E-state index in [2.05, 4.69) is 10.6 Å². The fraction of sp³-hybridized carbons (Fsp3) is 0.500. The summed E-state index contributed by atoms with van der Waals surface area (Å²) in [6.07, 6.45) is 0.0411. The van der Waals surface area contributed by atoms with Crippen LogP contribution < -0.4 is 10.6 Å². The molecule has 1 aromatic heterocycles. The van der Waals surface area contributed by atoms with Crippen molar-refractivity contribution in [1.29, 1.82) is 0 Å². The summed E-state index contributed by atoms with van der Waals surface area (Å²) in [7, 11) is 1.65. The highest BCUT2D eigenvalue weighted by Crippen LogP contribution is 2.21. The predicted octanol–water partition coefficient (Wildman–Crippen LogP) is 1.12. The van der Waals surface area contributed by atoms with Crippen molar-refractivity contribution >= 4 is 28.8 Å². The molecule has 0 aromatic carbocycles. The lowest BCUT2D eigenvalue weighted by Crippen LogP contribution is -2.43. The van der Waals surface area contributed by atoms with Crippen molar-refractivity contribution in [3.8, 4) is 0 Å². The van der Waals surface area contributed by atoms with Gasteiger partial charge in [0, 0.05) is 20.2 Å². The largest absolute Gasteiger partial charge is 0.378 e. The van der Waals surface area contributed by atoms with E-state index >= 15 is 0 Å². The number of halogens is 1. The molecule has 2 heterocycles. The van der Waals surface area contributed by atoms with E-state index in [0.717, 1.165) is 13.1 Å². The van der Waals surface area contributed by atoms with E-state index in [4.69, 9.17) is 16.3 Å². The van der Waals surface area contributed by atoms with Crippen molar-refractivity contribution in [2.45, 2.75) is 12.1 Å². The van der Waals surface area contributed by atoms with Gasteiger partial charge in [-0.1, -0.05) is 11.6 Å². The highest BCUT2D eigenvalue weighted by Gasteiger charge is 2.28. The Morgan fingerprint density at radius 3 is 3.06 bits per heavy atom. The Morgan fingerprint density at radius 1 is 1.62 bits per heavy atom. The number of thiophene rings is 1. The highest BCUT2D eigenvalue weighted by atomic mass is 35.5. The minimum Gasteiger partial charge on any atom is -0.378 e. The van der Waals surface area contributed by atoms with Gasteiger partial charge in [0.2, 0.25) is 0 Å². The zero-order valence-corrected chi connectivity index (χ0v) is 10.4. The molecule has 0 bridgehead atoms. The number of carbonyl (C=O) groups excluding carboxylic acids is 1. The third-order valence-corrected chi connectivity index (χ3v) is 3.80. The van der Waals surface area contributed by atoms with Gasteiger partial charge in [0.05, 0.1) is 21.4 Å². The van der Waals surface area contributed by atoms with Crippen LogP contribution in [0.15, 0.2) is 12.1 Å². The number of rotatable bonds is 3. The van der Waals surface area contributed by atoms with Crippen molar-refractivity contribution in [1.82, 2.24) is 10.6 Å². The first kappa shape index (κ1) is 11.9. The van der Waals surface area contributed by atoms with Crippen LogP contribution in [0.3, 0.4) is 0 Å². The van der Waals surface area contributed by atoms with E-state index < -0.39 is 0 Å². The topological polar surface area (TPSA) is 50.4 Å². The number of hydrogen-bond donors (Lipinski definition) is 2. The van der Waals surface area contributed by atoms with Gasteiger partial charge in [0.25, 0.3) is 5.91 Å². The number of ether oxygens (including phenoxy) is 1. The van der Waals surface area contributed by atoms with Gasteiger partial charge in [-0.25, -0.2) is 0 Å². The molecule has 2 N–H and O–H groups in total. The van der Waals surface area contributed by atoms with Gasteiger partial charge in [0.1, 0.15) is 0 Å². The molecule has 4 nitrogen and oxygen atoms in total. The minimum absolute atomic E-state index is 0.0263. The van der Waals surface area contributed by atoms with Crippen LogP contribution in [0.2, 0.25) is 4.34 Å². The molecule has 0 spiro atoms. The second kappa shape index (κ2) is 5.14. The van der Waals surface area contributed by atoms with Gasteiger partial charge in [-0.3, -0.25) is 4.79 Å². The molecule has 6 heteroatoms. The molecular weight excluding hydrogens is 248 g/mol.